The minimum Gasteiger partial charge on any atom is -0.496 e. The van der Waals surface area contributed by atoms with E-state index in [0.717, 1.165) is 5.56 Å². The van der Waals surface area contributed by atoms with Crippen LogP contribution in [0.2, 0.25) is 5.02 Å². The van der Waals surface area contributed by atoms with Crippen molar-refractivity contribution in [3.63, 3.8) is 0 Å². The maximum Gasteiger partial charge on any atom is 0.338 e. The number of methoxy groups -OCH3 is 1. The maximum absolute atomic E-state index is 12.0. The van der Waals surface area contributed by atoms with Crippen LogP contribution in [-0.2, 0) is 9.53 Å². The quantitative estimate of drug-likeness (QED) is 0.616. The van der Waals surface area contributed by atoms with E-state index in [1.165, 1.54) is 25.3 Å². The zero-order chi connectivity index (χ0) is 19.1. The Hall–Kier alpha value is -3.06. The summed E-state index contributed by atoms with van der Waals surface area (Å²) in [5.74, 6) is -1.34. The molecule has 0 saturated carbocycles. The van der Waals surface area contributed by atoms with Crippen LogP contribution in [0.25, 0.3) is 0 Å². The van der Waals surface area contributed by atoms with Crippen LogP contribution >= 0.6 is 11.6 Å². The Morgan fingerprint density at radius 3 is 2.31 bits per heavy atom. The summed E-state index contributed by atoms with van der Waals surface area (Å²) in [6.45, 7) is 1.29. The Morgan fingerprint density at radius 1 is 1.00 bits per heavy atom. The molecule has 0 unspecified atom stereocenters. The second kappa shape index (κ2) is 8.87. The highest BCUT2D eigenvalue weighted by atomic mass is 35.5. The first-order valence-corrected chi connectivity index (χ1v) is 7.95. The van der Waals surface area contributed by atoms with Gasteiger partial charge in [0.25, 0.3) is 11.8 Å². The van der Waals surface area contributed by atoms with Crippen LogP contribution in [-0.4, -0.2) is 31.5 Å². The van der Waals surface area contributed by atoms with E-state index in [4.69, 9.17) is 21.1 Å². The first kappa shape index (κ1) is 19.3. The number of hydrogen-bond donors (Lipinski definition) is 2. The lowest BCUT2D eigenvalue weighted by Crippen LogP contribution is -2.43. The first-order chi connectivity index (χ1) is 12.4. The van der Waals surface area contributed by atoms with Crippen molar-refractivity contribution in [2.45, 2.75) is 6.92 Å². The lowest BCUT2D eigenvalue weighted by Gasteiger charge is -2.09. The number of benzene rings is 2. The Morgan fingerprint density at radius 2 is 1.65 bits per heavy atom. The lowest BCUT2D eigenvalue weighted by molar-refractivity contribution is -0.125. The number of carbonyl (C=O) groups is 3. The molecule has 0 bridgehead atoms. The molecule has 2 aromatic rings. The number of hydrazine groups is 1. The molecule has 0 spiro atoms. The van der Waals surface area contributed by atoms with Crippen LogP contribution in [0, 0.1) is 6.92 Å². The van der Waals surface area contributed by atoms with E-state index in [1.807, 2.05) is 6.92 Å². The van der Waals surface area contributed by atoms with Gasteiger partial charge in [-0.25, -0.2) is 4.79 Å². The van der Waals surface area contributed by atoms with Crippen molar-refractivity contribution < 1.29 is 23.9 Å². The summed E-state index contributed by atoms with van der Waals surface area (Å²) in [7, 11) is 1.49. The third kappa shape index (κ3) is 5.22. The van der Waals surface area contributed by atoms with E-state index in [-0.39, 0.29) is 5.56 Å². The number of hydrogen-bond acceptors (Lipinski definition) is 5. The zero-order valence-electron chi connectivity index (χ0n) is 14.2. The van der Waals surface area contributed by atoms with Crippen molar-refractivity contribution in [2.75, 3.05) is 13.7 Å². The molecule has 0 fully saturated rings. The largest absolute Gasteiger partial charge is 0.496 e. The number of rotatable bonds is 5. The predicted octanol–water partition coefficient (Wildman–Crippen LogP) is 2.28. The summed E-state index contributed by atoms with van der Waals surface area (Å²) >= 11 is 5.74. The van der Waals surface area contributed by atoms with Gasteiger partial charge in [-0.15, -0.1) is 0 Å². The van der Waals surface area contributed by atoms with Crippen LogP contribution < -0.4 is 15.6 Å². The van der Waals surface area contributed by atoms with E-state index < -0.39 is 24.4 Å². The minimum absolute atomic E-state index is 0.255. The summed E-state index contributed by atoms with van der Waals surface area (Å²) in [5.41, 5.74) is 5.82. The molecular weight excluding hydrogens is 360 g/mol. The Bertz CT molecular complexity index is 821. The van der Waals surface area contributed by atoms with Crippen molar-refractivity contribution in [1.82, 2.24) is 10.9 Å². The molecule has 0 radical (unpaired) electrons. The number of esters is 1. The van der Waals surface area contributed by atoms with Crippen LogP contribution in [0.3, 0.4) is 0 Å². The van der Waals surface area contributed by atoms with Gasteiger partial charge in [0.15, 0.2) is 6.61 Å². The molecule has 0 saturated heterocycles. The first-order valence-electron chi connectivity index (χ1n) is 7.57. The molecule has 8 heteroatoms. The molecule has 136 valence electrons. The van der Waals surface area contributed by atoms with E-state index in [2.05, 4.69) is 10.9 Å². The molecule has 2 N–H and O–H groups in total. The molecular formula is C18H17ClN2O5. The van der Waals surface area contributed by atoms with Gasteiger partial charge in [0, 0.05) is 10.6 Å². The third-order valence-electron chi connectivity index (χ3n) is 3.40. The molecule has 26 heavy (non-hydrogen) atoms. The Labute approximate surface area is 155 Å². The fraction of sp³-hybridized carbons (Fsp3) is 0.167. The van der Waals surface area contributed by atoms with Gasteiger partial charge >= 0.3 is 5.97 Å². The second-order valence-electron chi connectivity index (χ2n) is 5.27. The molecule has 2 rings (SSSR count). The monoisotopic (exact) mass is 376 g/mol. The van der Waals surface area contributed by atoms with Crippen LogP contribution in [0.15, 0.2) is 42.5 Å². The second-order valence-corrected chi connectivity index (χ2v) is 5.71. The summed E-state index contributed by atoms with van der Waals surface area (Å²) in [6, 6.07) is 10.9. The smallest absolute Gasteiger partial charge is 0.338 e. The predicted molar refractivity (Wildman–Crippen MR) is 95.1 cm³/mol. The van der Waals surface area contributed by atoms with Gasteiger partial charge in [-0.05, 0) is 48.9 Å². The SMILES string of the molecule is COc1cc(C(=O)OCC(=O)NNC(=O)c2ccc(Cl)cc2)ccc1C. The maximum atomic E-state index is 12.0. The topological polar surface area (TPSA) is 93.7 Å². The van der Waals surface area contributed by atoms with E-state index >= 15 is 0 Å². The minimum atomic E-state index is -0.681. The van der Waals surface area contributed by atoms with Crippen molar-refractivity contribution >= 4 is 29.4 Å². The molecule has 0 aliphatic carbocycles. The van der Waals surface area contributed by atoms with Crippen molar-refractivity contribution in [3.8, 4) is 5.75 Å². The normalized spacial score (nSPS) is 9.96. The van der Waals surface area contributed by atoms with Crippen molar-refractivity contribution in [1.29, 1.82) is 0 Å². The zero-order valence-corrected chi connectivity index (χ0v) is 14.9. The molecule has 0 aliphatic rings. The number of nitrogens with one attached hydrogen (secondary N) is 2. The van der Waals surface area contributed by atoms with Gasteiger partial charge < -0.3 is 9.47 Å². The summed E-state index contributed by atoms with van der Waals surface area (Å²) in [6.07, 6.45) is 0. The number of carbonyl (C=O) groups excluding carboxylic acids is 3. The highest BCUT2D eigenvalue weighted by Gasteiger charge is 2.13. The van der Waals surface area contributed by atoms with Gasteiger partial charge in [-0.2, -0.15) is 0 Å². The highest BCUT2D eigenvalue weighted by molar-refractivity contribution is 6.30. The van der Waals surface area contributed by atoms with Gasteiger partial charge in [0.2, 0.25) is 0 Å². The molecule has 0 heterocycles. The number of aryl methyl sites for hydroxylation is 1. The standard InChI is InChI=1S/C18H17ClN2O5/c1-11-3-4-13(9-15(11)25-2)18(24)26-10-16(22)20-21-17(23)12-5-7-14(19)8-6-12/h3-9H,10H2,1-2H3,(H,20,22)(H,21,23). The van der Waals surface area contributed by atoms with E-state index in [9.17, 15) is 14.4 Å². The molecule has 0 atom stereocenters. The van der Waals surface area contributed by atoms with Gasteiger partial charge in [0.05, 0.1) is 12.7 Å². The fourth-order valence-electron chi connectivity index (χ4n) is 2.00. The Balaban J connectivity index is 1.82. The number of ether oxygens (including phenoxy) is 2. The average molecular weight is 377 g/mol. The highest BCUT2D eigenvalue weighted by Crippen LogP contribution is 2.19. The van der Waals surface area contributed by atoms with Gasteiger partial charge in [-0.3, -0.25) is 20.4 Å². The number of halogens is 1. The summed E-state index contributed by atoms with van der Waals surface area (Å²) in [5, 5.41) is 0.491. The van der Waals surface area contributed by atoms with Crippen molar-refractivity contribution in [2.24, 2.45) is 0 Å². The molecule has 0 aliphatic heterocycles. The fourth-order valence-corrected chi connectivity index (χ4v) is 2.12. The molecule has 0 aromatic heterocycles. The third-order valence-corrected chi connectivity index (χ3v) is 3.65. The van der Waals surface area contributed by atoms with E-state index in [0.29, 0.717) is 16.3 Å². The lowest BCUT2D eigenvalue weighted by atomic mass is 10.1. The molecule has 7 nitrogen and oxygen atoms in total. The Kier molecular flexibility index (Phi) is 6.57. The number of amides is 2. The average Bonchev–Trinajstić information content (AvgIpc) is 2.65. The van der Waals surface area contributed by atoms with Gasteiger partial charge in [-0.1, -0.05) is 17.7 Å². The van der Waals surface area contributed by atoms with Crippen LogP contribution in [0.4, 0.5) is 0 Å². The van der Waals surface area contributed by atoms with Crippen molar-refractivity contribution in [3.05, 3.63) is 64.2 Å². The molecule has 2 amide bonds. The summed E-state index contributed by atoms with van der Waals surface area (Å²) in [4.78, 5) is 35.5. The molecule has 2 aromatic carbocycles. The van der Waals surface area contributed by atoms with Crippen LogP contribution in [0.1, 0.15) is 26.3 Å². The van der Waals surface area contributed by atoms with Crippen LogP contribution in [0.5, 0.6) is 5.75 Å². The summed E-state index contributed by atoms with van der Waals surface area (Å²) < 4.78 is 10.0. The van der Waals surface area contributed by atoms with E-state index in [1.54, 1.807) is 24.3 Å². The van der Waals surface area contributed by atoms with Gasteiger partial charge in [0.1, 0.15) is 5.75 Å².